The van der Waals surface area contributed by atoms with E-state index in [0.717, 1.165) is 18.4 Å². The van der Waals surface area contributed by atoms with Crippen LogP contribution in [-0.4, -0.2) is 68.7 Å². The molecule has 1 saturated heterocycles. The van der Waals surface area contributed by atoms with Gasteiger partial charge in [0.05, 0.1) is 17.0 Å². The average Bonchev–Trinajstić information content (AvgIpc) is 3.32. The minimum absolute atomic E-state index is 0.00187. The van der Waals surface area contributed by atoms with E-state index in [9.17, 15) is 24.3 Å². The first kappa shape index (κ1) is 26.9. The summed E-state index contributed by atoms with van der Waals surface area (Å²) in [5.74, 6) is -1.81. The quantitative estimate of drug-likeness (QED) is 0.379. The summed E-state index contributed by atoms with van der Waals surface area (Å²) in [4.78, 5) is 52.9. The van der Waals surface area contributed by atoms with Gasteiger partial charge in [-0.1, -0.05) is 31.0 Å². The molecule has 1 aromatic heterocycles. The molecule has 5 N–H and O–H groups in total. The van der Waals surface area contributed by atoms with Crippen molar-refractivity contribution in [1.82, 2.24) is 20.0 Å². The summed E-state index contributed by atoms with van der Waals surface area (Å²) >= 11 is 0. The van der Waals surface area contributed by atoms with Crippen LogP contribution in [0.3, 0.4) is 0 Å². The highest BCUT2D eigenvalue weighted by Crippen LogP contribution is 2.46. The summed E-state index contributed by atoms with van der Waals surface area (Å²) in [7, 11) is 0. The first-order valence-electron chi connectivity index (χ1n) is 13.5. The van der Waals surface area contributed by atoms with Crippen LogP contribution in [0.1, 0.15) is 68.1 Å². The molecule has 5 rings (SSSR count). The lowest BCUT2D eigenvalue weighted by atomic mass is 9.79. The summed E-state index contributed by atoms with van der Waals surface area (Å²) in [5.41, 5.74) is 6.42. The molecule has 3 aliphatic rings. The number of carbonyl (C=O) groups excluding carboxylic acids is 3. The van der Waals surface area contributed by atoms with E-state index in [1.165, 1.54) is 4.90 Å². The van der Waals surface area contributed by atoms with E-state index >= 15 is 0 Å². The van der Waals surface area contributed by atoms with Crippen LogP contribution in [0.5, 0.6) is 0 Å². The van der Waals surface area contributed by atoms with Gasteiger partial charge in [0.15, 0.2) is 5.69 Å². The fraction of sp³-hybridized carbons (Fsp3) is 0.536. The minimum atomic E-state index is -1.10. The van der Waals surface area contributed by atoms with Gasteiger partial charge in [-0.3, -0.25) is 19.1 Å². The Morgan fingerprint density at radius 2 is 1.97 bits per heavy atom. The van der Waals surface area contributed by atoms with Crippen LogP contribution < -0.4 is 16.4 Å². The summed E-state index contributed by atoms with van der Waals surface area (Å²) in [5, 5.41) is 20.1. The van der Waals surface area contributed by atoms with Gasteiger partial charge in [0.2, 0.25) is 17.7 Å². The van der Waals surface area contributed by atoms with Crippen molar-refractivity contribution in [3.63, 3.8) is 0 Å². The lowest BCUT2D eigenvalue weighted by molar-refractivity contribution is -0.139. The van der Waals surface area contributed by atoms with Crippen LogP contribution >= 0.6 is 0 Å². The zero-order valence-electron chi connectivity index (χ0n) is 22.6. The fourth-order valence-electron chi connectivity index (χ4n) is 5.78. The highest BCUT2D eigenvalue weighted by Gasteiger charge is 2.57. The molecular formula is C28H36N6O5. The van der Waals surface area contributed by atoms with Gasteiger partial charge in [0, 0.05) is 30.5 Å². The van der Waals surface area contributed by atoms with Gasteiger partial charge < -0.3 is 26.4 Å². The number of nitrogens with zero attached hydrogens (tertiary/aromatic N) is 3. The second kappa shape index (κ2) is 9.78. The smallest absolute Gasteiger partial charge is 0.356 e. The molecule has 11 heteroatoms. The molecule has 3 heterocycles. The predicted molar refractivity (Wildman–Crippen MR) is 143 cm³/mol. The number of aromatic carboxylic acids is 1. The Morgan fingerprint density at radius 3 is 2.62 bits per heavy atom. The van der Waals surface area contributed by atoms with E-state index in [-0.39, 0.29) is 36.0 Å². The Bertz CT molecular complexity index is 1330. The fourth-order valence-corrected chi connectivity index (χ4v) is 5.78. The van der Waals surface area contributed by atoms with E-state index in [4.69, 9.17) is 5.73 Å². The Morgan fingerprint density at radius 1 is 1.26 bits per heavy atom. The monoisotopic (exact) mass is 536 g/mol. The van der Waals surface area contributed by atoms with Crippen molar-refractivity contribution >= 4 is 29.4 Å². The molecule has 1 spiro atoms. The highest BCUT2D eigenvalue weighted by atomic mass is 16.4. The summed E-state index contributed by atoms with van der Waals surface area (Å²) in [6.45, 7) is 6.26. The molecule has 1 aromatic carbocycles. The first-order valence-corrected chi connectivity index (χ1v) is 13.5. The van der Waals surface area contributed by atoms with Crippen LogP contribution in [0.15, 0.2) is 30.5 Å². The van der Waals surface area contributed by atoms with E-state index in [0.29, 0.717) is 36.6 Å². The van der Waals surface area contributed by atoms with E-state index in [2.05, 4.69) is 15.7 Å². The molecule has 0 unspecified atom stereocenters. The number of benzene rings is 1. The number of rotatable bonds is 9. The third-order valence-corrected chi connectivity index (χ3v) is 8.12. The highest BCUT2D eigenvalue weighted by molar-refractivity contribution is 6.08. The Hall–Kier alpha value is -3.73. The van der Waals surface area contributed by atoms with Gasteiger partial charge in [-0.25, -0.2) is 4.79 Å². The number of likely N-dealkylation sites (tertiary alicyclic amines) is 1. The number of hydrogen-bond donors (Lipinski definition) is 4. The number of nitrogens with two attached hydrogens (primary N) is 1. The minimum Gasteiger partial charge on any atom is -0.476 e. The number of aromatic nitrogens is 2. The molecule has 3 atom stereocenters. The normalized spacial score (nSPS) is 23.1. The van der Waals surface area contributed by atoms with Gasteiger partial charge in [-0.2, -0.15) is 5.10 Å². The summed E-state index contributed by atoms with van der Waals surface area (Å²) < 4.78 is 1.64. The maximum atomic E-state index is 13.9. The lowest BCUT2D eigenvalue weighted by Crippen LogP contribution is -2.52. The third-order valence-electron chi connectivity index (χ3n) is 8.12. The number of hydrogen-bond acceptors (Lipinski definition) is 6. The lowest BCUT2D eigenvalue weighted by Gasteiger charge is -2.28. The van der Waals surface area contributed by atoms with Crippen molar-refractivity contribution in [2.75, 3.05) is 18.4 Å². The number of fused-ring (bicyclic) bond motifs is 2. The van der Waals surface area contributed by atoms with Crippen LogP contribution in [0, 0.1) is 5.92 Å². The molecule has 0 bridgehead atoms. The molecule has 39 heavy (non-hydrogen) atoms. The Balaban J connectivity index is 1.35. The van der Waals surface area contributed by atoms with Gasteiger partial charge in [0.1, 0.15) is 6.04 Å². The van der Waals surface area contributed by atoms with Crippen molar-refractivity contribution < 1.29 is 24.3 Å². The van der Waals surface area contributed by atoms with Crippen LogP contribution in [0.4, 0.5) is 5.69 Å². The van der Waals surface area contributed by atoms with E-state index in [1.807, 2.05) is 45.0 Å². The Labute approximate surface area is 227 Å². The van der Waals surface area contributed by atoms with Crippen LogP contribution in [0.2, 0.25) is 0 Å². The molecule has 2 aliphatic heterocycles. The van der Waals surface area contributed by atoms with Gasteiger partial charge in [-0.15, -0.1) is 0 Å². The SMILES string of the molecule is CC(C)(C)n1cc(CCN[C@@H](CC2CC2)C(=O)N2C[C@]3(C[C@H]2C(N)=O)C(=O)Nc2ccccc23)c(C(=O)O)n1. The molecule has 0 radical (unpaired) electrons. The zero-order valence-corrected chi connectivity index (χ0v) is 22.6. The number of para-hydroxylation sites is 1. The van der Waals surface area contributed by atoms with E-state index in [1.54, 1.807) is 10.9 Å². The molecule has 2 aromatic rings. The van der Waals surface area contributed by atoms with Crippen LogP contribution in [-0.2, 0) is 31.8 Å². The number of anilines is 1. The topological polar surface area (TPSA) is 160 Å². The molecule has 208 valence electrons. The maximum Gasteiger partial charge on any atom is 0.356 e. The van der Waals surface area contributed by atoms with Gasteiger partial charge >= 0.3 is 5.97 Å². The number of primary amides is 1. The number of amides is 3. The molecular weight excluding hydrogens is 500 g/mol. The molecule has 1 aliphatic carbocycles. The second-order valence-electron chi connectivity index (χ2n) is 12.0. The summed E-state index contributed by atoms with van der Waals surface area (Å²) in [6.07, 6.45) is 4.92. The molecule has 3 amide bonds. The standard InChI is InChI=1S/C28H36N6O5/c1-27(2,3)34-14-17(22(32-34)25(37)38)10-11-30-20(12-16-8-9-16)24(36)33-15-28(13-21(33)23(29)35)18-6-4-5-7-19(18)31-26(28)39/h4-7,14,16,20-21,30H,8-13,15H2,1-3H3,(H2,29,35)(H,31,39)(H,37,38)/t20-,21-,28-/m0/s1. The average molecular weight is 537 g/mol. The van der Waals surface area contributed by atoms with Crippen molar-refractivity contribution in [3.05, 3.63) is 47.3 Å². The van der Waals surface area contributed by atoms with Crippen molar-refractivity contribution in [2.45, 2.75) is 75.9 Å². The van der Waals surface area contributed by atoms with Crippen molar-refractivity contribution in [1.29, 1.82) is 0 Å². The number of carboxylic acid groups (broad SMARTS) is 1. The third kappa shape index (κ3) is 5.03. The number of nitrogens with one attached hydrogen (secondary N) is 2. The van der Waals surface area contributed by atoms with E-state index < -0.39 is 29.4 Å². The molecule has 11 nitrogen and oxygen atoms in total. The number of carboxylic acids is 1. The first-order chi connectivity index (χ1) is 18.4. The van der Waals surface area contributed by atoms with Crippen molar-refractivity contribution in [2.24, 2.45) is 11.7 Å². The molecule has 2 fully saturated rings. The Kier molecular flexibility index (Phi) is 6.74. The largest absolute Gasteiger partial charge is 0.476 e. The van der Waals surface area contributed by atoms with Gasteiger partial charge in [0.25, 0.3) is 0 Å². The number of carbonyl (C=O) groups is 4. The predicted octanol–water partition coefficient (Wildman–Crippen LogP) is 1.61. The maximum absolute atomic E-state index is 13.9. The molecule has 1 saturated carbocycles. The zero-order chi connectivity index (χ0) is 28.1. The summed E-state index contributed by atoms with van der Waals surface area (Å²) in [6, 6.07) is 5.86. The second-order valence-corrected chi connectivity index (χ2v) is 12.0. The van der Waals surface area contributed by atoms with Gasteiger partial charge in [-0.05, 0) is 57.6 Å². The van der Waals surface area contributed by atoms with Crippen molar-refractivity contribution in [3.8, 4) is 0 Å². The van der Waals surface area contributed by atoms with Crippen LogP contribution in [0.25, 0.3) is 0 Å².